The van der Waals surface area contributed by atoms with Crippen LogP contribution in [-0.4, -0.2) is 5.78 Å². The average Bonchev–Trinajstić information content (AvgIpc) is 2.56. The Bertz CT molecular complexity index is 284. The van der Waals surface area contributed by atoms with Crippen molar-refractivity contribution in [3.8, 4) is 0 Å². The second-order valence-corrected chi connectivity index (χ2v) is 7.92. The number of hydrogen-bond acceptors (Lipinski definition) is 1. The van der Waals surface area contributed by atoms with Crippen molar-refractivity contribution in [2.45, 2.75) is 123 Å². The van der Waals surface area contributed by atoms with Crippen molar-refractivity contribution in [1.29, 1.82) is 0 Å². The first-order chi connectivity index (χ1) is 11.3. The van der Waals surface area contributed by atoms with Crippen LogP contribution in [0.5, 0.6) is 0 Å². The van der Waals surface area contributed by atoms with Crippen LogP contribution in [0.15, 0.2) is 0 Å². The molecule has 1 fully saturated rings. The van der Waals surface area contributed by atoms with E-state index in [0.717, 1.165) is 12.3 Å². The summed E-state index contributed by atoms with van der Waals surface area (Å²) in [6.45, 7) is 4.55. The first kappa shape index (κ1) is 20.7. The molecule has 1 heteroatoms. The molecule has 1 rings (SSSR count). The zero-order valence-electron chi connectivity index (χ0n) is 16.1. The number of hydrogen-bond donors (Lipinski definition) is 0. The molecular formula is C22H42O. The minimum atomic E-state index is 0.417. The van der Waals surface area contributed by atoms with Crippen LogP contribution in [0.2, 0.25) is 0 Å². The van der Waals surface area contributed by atoms with Crippen molar-refractivity contribution in [3.05, 3.63) is 0 Å². The molecule has 0 aromatic rings. The molecule has 0 radical (unpaired) electrons. The lowest BCUT2D eigenvalue weighted by Gasteiger charge is -2.28. The maximum atomic E-state index is 12.2. The Morgan fingerprint density at radius 3 is 1.87 bits per heavy atom. The van der Waals surface area contributed by atoms with Gasteiger partial charge >= 0.3 is 0 Å². The van der Waals surface area contributed by atoms with E-state index in [-0.39, 0.29) is 0 Å². The minimum absolute atomic E-state index is 0.417. The fourth-order valence-electron chi connectivity index (χ4n) is 4.13. The van der Waals surface area contributed by atoms with Gasteiger partial charge in [0.1, 0.15) is 5.78 Å². The Kier molecular flexibility index (Phi) is 12.7. The lowest BCUT2D eigenvalue weighted by molar-refractivity contribution is -0.125. The van der Waals surface area contributed by atoms with Gasteiger partial charge < -0.3 is 0 Å². The molecular weight excluding hydrogens is 280 g/mol. The first-order valence-corrected chi connectivity index (χ1v) is 10.8. The van der Waals surface area contributed by atoms with E-state index in [1.807, 2.05) is 0 Å². The van der Waals surface area contributed by atoms with Crippen LogP contribution in [0.1, 0.15) is 123 Å². The van der Waals surface area contributed by atoms with E-state index in [2.05, 4.69) is 13.8 Å². The summed E-state index contributed by atoms with van der Waals surface area (Å²) >= 11 is 0. The summed E-state index contributed by atoms with van der Waals surface area (Å²) in [5.74, 6) is 1.85. The Hall–Kier alpha value is -0.330. The Morgan fingerprint density at radius 2 is 1.26 bits per heavy atom. The third-order valence-electron chi connectivity index (χ3n) is 5.74. The van der Waals surface area contributed by atoms with Crippen LogP contribution in [0.3, 0.4) is 0 Å². The van der Waals surface area contributed by atoms with Gasteiger partial charge in [0, 0.05) is 12.3 Å². The zero-order valence-corrected chi connectivity index (χ0v) is 16.1. The van der Waals surface area contributed by atoms with Crippen LogP contribution < -0.4 is 0 Å². The number of carbonyl (C=O) groups excluding carboxylic acids is 1. The third kappa shape index (κ3) is 10.2. The molecule has 23 heavy (non-hydrogen) atoms. The van der Waals surface area contributed by atoms with Gasteiger partial charge in [0.15, 0.2) is 0 Å². The van der Waals surface area contributed by atoms with E-state index in [4.69, 9.17) is 0 Å². The van der Waals surface area contributed by atoms with Crippen LogP contribution in [-0.2, 0) is 4.79 Å². The lowest BCUT2D eigenvalue weighted by atomic mass is 9.76. The molecule has 0 aromatic heterocycles. The van der Waals surface area contributed by atoms with Gasteiger partial charge in [-0.15, -0.1) is 0 Å². The Labute approximate surface area is 146 Å². The first-order valence-electron chi connectivity index (χ1n) is 10.8. The predicted molar refractivity (Wildman–Crippen MR) is 102 cm³/mol. The fourth-order valence-corrected chi connectivity index (χ4v) is 4.13. The molecule has 0 N–H and O–H groups in total. The van der Waals surface area contributed by atoms with E-state index in [0.29, 0.717) is 11.7 Å². The van der Waals surface area contributed by atoms with Crippen molar-refractivity contribution >= 4 is 5.78 Å². The van der Waals surface area contributed by atoms with Gasteiger partial charge in [-0.1, -0.05) is 97.3 Å². The maximum absolute atomic E-state index is 12.2. The molecule has 0 heterocycles. The summed E-state index contributed by atoms with van der Waals surface area (Å²) in [6.07, 6.45) is 22.3. The van der Waals surface area contributed by atoms with Gasteiger partial charge in [-0.3, -0.25) is 4.79 Å². The highest BCUT2D eigenvalue weighted by atomic mass is 16.1. The van der Waals surface area contributed by atoms with Crippen molar-refractivity contribution in [3.63, 3.8) is 0 Å². The summed E-state index contributed by atoms with van der Waals surface area (Å²) in [5, 5.41) is 0. The van der Waals surface area contributed by atoms with E-state index in [9.17, 15) is 4.79 Å². The number of carbonyl (C=O) groups is 1. The van der Waals surface area contributed by atoms with Crippen LogP contribution in [0, 0.1) is 11.8 Å². The maximum Gasteiger partial charge on any atom is 0.135 e. The number of ketones is 1. The summed E-state index contributed by atoms with van der Waals surface area (Å²) in [6, 6.07) is 0. The van der Waals surface area contributed by atoms with Crippen LogP contribution in [0.4, 0.5) is 0 Å². The molecule has 0 saturated heterocycles. The average molecular weight is 323 g/mol. The Balaban J connectivity index is 2.08. The molecule has 136 valence electrons. The molecule has 0 bridgehead atoms. The van der Waals surface area contributed by atoms with Gasteiger partial charge in [0.05, 0.1) is 0 Å². The molecule has 0 amide bonds. The SMILES string of the molecule is CCCCCCCCC1CCC(=O)C(CCCCCCCC)C1. The summed E-state index contributed by atoms with van der Waals surface area (Å²) in [4.78, 5) is 12.2. The van der Waals surface area contributed by atoms with Crippen molar-refractivity contribution in [1.82, 2.24) is 0 Å². The molecule has 2 unspecified atom stereocenters. The quantitative estimate of drug-likeness (QED) is 0.303. The fraction of sp³-hybridized carbons (Fsp3) is 0.955. The van der Waals surface area contributed by atoms with Gasteiger partial charge in [-0.2, -0.15) is 0 Å². The van der Waals surface area contributed by atoms with Gasteiger partial charge in [0.2, 0.25) is 0 Å². The summed E-state index contributed by atoms with van der Waals surface area (Å²) in [5.41, 5.74) is 0. The van der Waals surface area contributed by atoms with Gasteiger partial charge in [-0.25, -0.2) is 0 Å². The standard InChI is InChI=1S/C22H42O/c1-3-5-7-9-11-13-15-20-17-18-22(23)21(19-20)16-14-12-10-8-6-4-2/h20-21H,3-19H2,1-2H3. The van der Waals surface area contributed by atoms with E-state index in [1.54, 1.807) is 0 Å². The van der Waals surface area contributed by atoms with E-state index >= 15 is 0 Å². The lowest BCUT2D eigenvalue weighted by Crippen LogP contribution is -2.25. The molecule has 1 nitrogen and oxygen atoms in total. The second kappa shape index (κ2) is 14.1. The number of rotatable bonds is 14. The topological polar surface area (TPSA) is 17.1 Å². The monoisotopic (exact) mass is 322 g/mol. The highest BCUT2D eigenvalue weighted by molar-refractivity contribution is 5.81. The van der Waals surface area contributed by atoms with E-state index in [1.165, 1.54) is 103 Å². The van der Waals surface area contributed by atoms with Crippen LogP contribution >= 0.6 is 0 Å². The predicted octanol–water partition coefficient (Wildman–Crippen LogP) is 7.47. The molecule has 1 aliphatic rings. The van der Waals surface area contributed by atoms with Gasteiger partial charge in [-0.05, 0) is 25.2 Å². The molecule has 2 atom stereocenters. The summed E-state index contributed by atoms with van der Waals surface area (Å²) < 4.78 is 0. The van der Waals surface area contributed by atoms with E-state index < -0.39 is 0 Å². The van der Waals surface area contributed by atoms with Crippen molar-refractivity contribution < 1.29 is 4.79 Å². The summed E-state index contributed by atoms with van der Waals surface area (Å²) in [7, 11) is 0. The minimum Gasteiger partial charge on any atom is -0.299 e. The third-order valence-corrected chi connectivity index (χ3v) is 5.74. The largest absolute Gasteiger partial charge is 0.299 e. The smallest absolute Gasteiger partial charge is 0.135 e. The molecule has 1 saturated carbocycles. The normalized spacial score (nSPS) is 21.7. The molecule has 1 aliphatic carbocycles. The van der Waals surface area contributed by atoms with Crippen LogP contribution in [0.25, 0.3) is 0 Å². The molecule has 0 aliphatic heterocycles. The molecule has 0 spiro atoms. The van der Waals surface area contributed by atoms with Crippen molar-refractivity contribution in [2.24, 2.45) is 11.8 Å². The highest BCUT2D eigenvalue weighted by Crippen LogP contribution is 2.33. The zero-order chi connectivity index (χ0) is 16.8. The number of unbranched alkanes of at least 4 members (excludes halogenated alkanes) is 10. The number of Topliss-reactive ketones (excluding diaryl/α,β-unsaturated/α-hetero) is 1. The van der Waals surface area contributed by atoms with Crippen molar-refractivity contribution in [2.75, 3.05) is 0 Å². The van der Waals surface area contributed by atoms with Gasteiger partial charge in [0.25, 0.3) is 0 Å². The molecule has 0 aromatic carbocycles. The Morgan fingerprint density at radius 1 is 0.739 bits per heavy atom. The highest BCUT2D eigenvalue weighted by Gasteiger charge is 2.27. The second-order valence-electron chi connectivity index (χ2n) is 7.92.